The fraction of sp³-hybridized carbons (Fsp3) is 0.300. The highest BCUT2D eigenvalue weighted by atomic mass is 19.1. The van der Waals surface area contributed by atoms with E-state index in [0.29, 0.717) is 18.0 Å². The van der Waals surface area contributed by atoms with Crippen molar-refractivity contribution in [2.75, 3.05) is 43.4 Å². The summed E-state index contributed by atoms with van der Waals surface area (Å²) < 4.78 is 15.9. The van der Waals surface area contributed by atoms with Crippen LogP contribution in [-0.2, 0) is 6.54 Å². The Kier molecular flexibility index (Phi) is 4.44. The molecule has 5 rings (SSSR count). The second-order valence-corrected chi connectivity index (χ2v) is 7.32. The van der Waals surface area contributed by atoms with Crippen LogP contribution in [0.2, 0.25) is 0 Å². The van der Waals surface area contributed by atoms with Gasteiger partial charge in [0, 0.05) is 38.4 Å². The van der Waals surface area contributed by atoms with Crippen LogP contribution in [0.3, 0.4) is 0 Å². The normalized spacial score (nSPS) is 15.3. The van der Waals surface area contributed by atoms with Crippen molar-refractivity contribution in [1.82, 2.24) is 29.9 Å². The summed E-state index contributed by atoms with van der Waals surface area (Å²) in [5.41, 5.74) is 3.92. The Balaban J connectivity index is 1.42. The van der Waals surface area contributed by atoms with Gasteiger partial charge in [0.05, 0.1) is 11.0 Å². The van der Waals surface area contributed by atoms with Crippen molar-refractivity contribution in [2.24, 2.45) is 0 Å². The van der Waals surface area contributed by atoms with Crippen molar-refractivity contribution >= 4 is 28.2 Å². The second-order valence-electron chi connectivity index (χ2n) is 7.32. The minimum atomic E-state index is -0.237. The summed E-state index contributed by atoms with van der Waals surface area (Å²) in [4.78, 5) is 9.15. The minimum Gasteiger partial charge on any atom is -0.369 e. The van der Waals surface area contributed by atoms with Gasteiger partial charge in [-0.15, -0.1) is 5.10 Å². The Labute approximate surface area is 166 Å². The third kappa shape index (κ3) is 3.44. The van der Waals surface area contributed by atoms with Crippen molar-refractivity contribution in [3.8, 4) is 0 Å². The number of anilines is 2. The molecule has 1 saturated heterocycles. The topological polar surface area (TPSA) is 74.5 Å². The number of fused-ring (bicyclic) bond motifs is 3. The smallest absolute Gasteiger partial charge is 0.222 e. The predicted octanol–water partition coefficient (Wildman–Crippen LogP) is 2.18. The van der Waals surface area contributed by atoms with Gasteiger partial charge >= 0.3 is 0 Å². The first-order chi connectivity index (χ1) is 14.2. The van der Waals surface area contributed by atoms with Gasteiger partial charge in [0.25, 0.3) is 0 Å². The Bertz CT molecular complexity index is 1170. The number of tetrazole rings is 1. The molecule has 0 spiro atoms. The van der Waals surface area contributed by atoms with E-state index in [4.69, 9.17) is 0 Å². The van der Waals surface area contributed by atoms with Crippen LogP contribution in [0.1, 0.15) is 5.56 Å². The average Bonchev–Trinajstić information content (AvgIpc) is 3.23. The van der Waals surface area contributed by atoms with E-state index in [2.05, 4.69) is 42.7 Å². The second kappa shape index (κ2) is 7.25. The lowest BCUT2D eigenvalue weighted by atomic mass is 10.1. The molecule has 1 fully saturated rings. The van der Waals surface area contributed by atoms with E-state index < -0.39 is 0 Å². The lowest BCUT2D eigenvalue weighted by Crippen LogP contribution is -2.44. The Morgan fingerprint density at radius 3 is 2.76 bits per heavy atom. The third-order valence-corrected chi connectivity index (χ3v) is 5.29. The van der Waals surface area contributed by atoms with E-state index in [1.54, 1.807) is 16.6 Å². The molecule has 1 N–H and O–H groups in total. The van der Waals surface area contributed by atoms with Gasteiger partial charge in [0.1, 0.15) is 5.82 Å². The predicted molar refractivity (Wildman–Crippen MR) is 110 cm³/mol. The van der Waals surface area contributed by atoms with Crippen LogP contribution in [0, 0.1) is 5.82 Å². The molecule has 0 saturated carbocycles. The van der Waals surface area contributed by atoms with E-state index in [9.17, 15) is 4.39 Å². The van der Waals surface area contributed by atoms with Crippen LogP contribution in [-0.4, -0.2) is 63.2 Å². The lowest BCUT2D eigenvalue weighted by Gasteiger charge is -2.34. The number of para-hydroxylation sites is 2. The summed E-state index contributed by atoms with van der Waals surface area (Å²) in [5, 5.41) is 15.2. The standard InChI is InChI=1S/C20H21FN8/c1-27-6-8-28(9-7-27)16-11-14(10-15(21)12-16)13-22-19-20-24-25-26-29(20)18-5-3-2-4-17(18)23-19/h2-5,10-12H,6-9,13H2,1H3,(H,22,23). The molecule has 29 heavy (non-hydrogen) atoms. The van der Waals surface area contributed by atoms with Crippen molar-refractivity contribution in [3.63, 3.8) is 0 Å². The maximum Gasteiger partial charge on any atom is 0.222 e. The third-order valence-electron chi connectivity index (χ3n) is 5.29. The molecule has 3 heterocycles. The van der Waals surface area contributed by atoms with Crippen molar-refractivity contribution in [2.45, 2.75) is 6.54 Å². The summed E-state index contributed by atoms with van der Waals surface area (Å²) in [7, 11) is 2.11. The van der Waals surface area contributed by atoms with Gasteiger partial charge in [-0.3, -0.25) is 0 Å². The molecule has 1 aliphatic rings. The highest BCUT2D eigenvalue weighted by Gasteiger charge is 2.16. The maximum atomic E-state index is 14.3. The van der Waals surface area contributed by atoms with Gasteiger partial charge in [-0.2, -0.15) is 4.52 Å². The molecule has 0 atom stereocenters. The van der Waals surface area contributed by atoms with E-state index in [-0.39, 0.29) is 5.82 Å². The molecule has 9 heteroatoms. The Morgan fingerprint density at radius 1 is 1.07 bits per heavy atom. The molecular weight excluding hydrogens is 371 g/mol. The number of rotatable bonds is 4. The molecule has 0 unspecified atom stereocenters. The number of hydrogen-bond acceptors (Lipinski definition) is 7. The first-order valence-electron chi connectivity index (χ1n) is 9.61. The van der Waals surface area contributed by atoms with E-state index in [0.717, 1.165) is 48.5 Å². The van der Waals surface area contributed by atoms with Gasteiger partial charge < -0.3 is 15.1 Å². The monoisotopic (exact) mass is 392 g/mol. The molecule has 0 amide bonds. The van der Waals surface area contributed by atoms with Crippen LogP contribution in [0.25, 0.3) is 16.7 Å². The largest absolute Gasteiger partial charge is 0.369 e. The summed E-state index contributed by atoms with van der Waals surface area (Å²) >= 11 is 0. The number of hydrogen-bond donors (Lipinski definition) is 1. The molecule has 2 aromatic heterocycles. The molecule has 148 valence electrons. The molecule has 0 radical (unpaired) electrons. The SMILES string of the molecule is CN1CCN(c2cc(F)cc(CNc3nc4ccccc4n4nnnc34)c2)CC1. The molecule has 4 aromatic rings. The lowest BCUT2D eigenvalue weighted by molar-refractivity contribution is 0.312. The maximum absolute atomic E-state index is 14.3. The molecular formula is C20H21FN8. The summed E-state index contributed by atoms with van der Waals surface area (Å²) in [6.45, 7) is 4.16. The van der Waals surface area contributed by atoms with Gasteiger partial charge in [0.15, 0.2) is 5.82 Å². The van der Waals surface area contributed by atoms with Gasteiger partial charge in [0.2, 0.25) is 5.65 Å². The van der Waals surface area contributed by atoms with Crippen LogP contribution >= 0.6 is 0 Å². The van der Waals surface area contributed by atoms with Gasteiger partial charge in [-0.1, -0.05) is 12.1 Å². The molecule has 0 aliphatic carbocycles. The molecule has 0 bridgehead atoms. The summed E-state index contributed by atoms with van der Waals surface area (Å²) in [5.74, 6) is 0.332. The number of aromatic nitrogens is 5. The minimum absolute atomic E-state index is 0.237. The van der Waals surface area contributed by atoms with E-state index in [1.165, 1.54) is 0 Å². The summed E-state index contributed by atoms with van der Waals surface area (Å²) in [6.07, 6.45) is 0. The zero-order valence-electron chi connectivity index (χ0n) is 16.1. The Morgan fingerprint density at radius 2 is 1.90 bits per heavy atom. The average molecular weight is 392 g/mol. The Hall–Kier alpha value is -3.33. The summed E-state index contributed by atoms with van der Waals surface area (Å²) in [6, 6.07) is 12.9. The van der Waals surface area contributed by atoms with E-state index >= 15 is 0 Å². The fourth-order valence-electron chi connectivity index (χ4n) is 3.69. The quantitative estimate of drug-likeness (QED) is 0.571. The van der Waals surface area contributed by atoms with E-state index in [1.807, 2.05) is 30.3 Å². The number of nitrogens with one attached hydrogen (secondary N) is 1. The molecule has 1 aliphatic heterocycles. The number of nitrogens with zero attached hydrogens (tertiary/aromatic N) is 7. The molecule has 8 nitrogen and oxygen atoms in total. The molecule has 2 aromatic carbocycles. The zero-order valence-corrected chi connectivity index (χ0v) is 16.1. The van der Waals surface area contributed by atoms with Crippen LogP contribution < -0.4 is 10.2 Å². The van der Waals surface area contributed by atoms with Gasteiger partial charge in [-0.25, -0.2) is 9.37 Å². The number of likely N-dealkylation sites (N-methyl/N-ethyl adjacent to an activating group) is 1. The van der Waals surface area contributed by atoms with Crippen LogP contribution in [0.15, 0.2) is 42.5 Å². The first-order valence-corrected chi connectivity index (χ1v) is 9.61. The first kappa shape index (κ1) is 17.7. The van der Waals surface area contributed by atoms with Crippen molar-refractivity contribution in [1.29, 1.82) is 0 Å². The highest BCUT2D eigenvalue weighted by Crippen LogP contribution is 2.23. The highest BCUT2D eigenvalue weighted by molar-refractivity contribution is 5.81. The zero-order chi connectivity index (χ0) is 19.8. The number of benzene rings is 2. The number of halogens is 1. The fourth-order valence-corrected chi connectivity index (χ4v) is 3.69. The van der Waals surface area contributed by atoms with Gasteiger partial charge in [-0.05, 0) is 53.4 Å². The van der Waals surface area contributed by atoms with Crippen LogP contribution in [0.5, 0.6) is 0 Å². The van der Waals surface area contributed by atoms with Crippen molar-refractivity contribution in [3.05, 3.63) is 53.8 Å². The van der Waals surface area contributed by atoms with Crippen molar-refractivity contribution < 1.29 is 4.39 Å². The van der Waals surface area contributed by atoms with Crippen LogP contribution in [0.4, 0.5) is 15.9 Å². The number of piperazine rings is 1.